The molecule has 0 spiro atoms. The van der Waals surface area contributed by atoms with E-state index in [1.54, 1.807) is 30.3 Å². The van der Waals surface area contributed by atoms with E-state index in [1.165, 1.54) is 0 Å². The van der Waals surface area contributed by atoms with Gasteiger partial charge < -0.3 is 20.4 Å². The number of aromatic hydroxyl groups is 4. The molecule has 33 heavy (non-hydrogen) atoms. The minimum atomic E-state index is 0.00267. The van der Waals surface area contributed by atoms with E-state index in [-0.39, 0.29) is 23.0 Å². The maximum absolute atomic E-state index is 11.3. The van der Waals surface area contributed by atoms with Crippen molar-refractivity contribution in [1.82, 2.24) is 0 Å². The van der Waals surface area contributed by atoms with E-state index < -0.39 is 0 Å². The zero-order valence-corrected chi connectivity index (χ0v) is 19.3. The molecule has 0 fully saturated rings. The fourth-order valence-electron chi connectivity index (χ4n) is 4.41. The third-order valence-electron chi connectivity index (χ3n) is 6.30. The lowest BCUT2D eigenvalue weighted by Gasteiger charge is -2.19. The van der Waals surface area contributed by atoms with Gasteiger partial charge in [0, 0.05) is 34.2 Å². The van der Waals surface area contributed by atoms with Gasteiger partial charge in [0.1, 0.15) is 23.0 Å². The predicted molar refractivity (Wildman–Crippen MR) is 132 cm³/mol. The fourth-order valence-corrected chi connectivity index (χ4v) is 4.41. The van der Waals surface area contributed by atoms with Crippen LogP contribution in [-0.4, -0.2) is 20.4 Å². The summed E-state index contributed by atoms with van der Waals surface area (Å²) in [7, 11) is 0. The van der Waals surface area contributed by atoms with E-state index in [2.05, 4.69) is 0 Å². The van der Waals surface area contributed by atoms with Gasteiger partial charge in [-0.25, -0.2) is 0 Å². The van der Waals surface area contributed by atoms with Crippen LogP contribution >= 0.6 is 0 Å². The Bertz CT molecular complexity index is 1350. The summed E-state index contributed by atoms with van der Waals surface area (Å²) < 4.78 is 0. The highest BCUT2D eigenvalue weighted by molar-refractivity contribution is 5.89. The van der Waals surface area contributed by atoms with Crippen molar-refractivity contribution < 1.29 is 20.4 Å². The Morgan fingerprint density at radius 1 is 0.576 bits per heavy atom. The molecule has 4 rings (SSSR count). The van der Waals surface area contributed by atoms with Crippen molar-refractivity contribution in [1.29, 1.82) is 0 Å². The highest BCUT2D eigenvalue weighted by Crippen LogP contribution is 2.47. The van der Waals surface area contributed by atoms with Crippen LogP contribution in [0.25, 0.3) is 22.3 Å². The summed E-state index contributed by atoms with van der Waals surface area (Å²) in [5, 5.41) is 43.5. The molecular weight excluding hydrogens is 412 g/mol. The lowest BCUT2D eigenvalue weighted by Crippen LogP contribution is -1.97. The van der Waals surface area contributed by atoms with Crippen molar-refractivity contribution >= 4 is 0 Å². The van der Waals surface area contributed by atoms with Crippen LogP contribution < -0.4 is 0 Å². The largest absolute Gasteiger partial charge is 0.508 e. The van der Waals surface area contributed by atoms with Gasteiger partial charge in [0.25, 0.3) is 0 Å². The zero-order valence-electron chi connectivity index (χ0n) is 19.3. The van der Waals surface area contributed by atoms with Gasteiger partial charge in [-0.05, 0) is 67.6 Å². The zero-order chi connectivity index (χ0) is 23.9. The number of phenolic OH excluding ortho intramolecular Hbond substituents is 4. The summed E-state index contributed by atoms with van der Waals surface area (Å²) in [5.41, 5.74) is 6.98. The second-order valence-corrected chi connectivity index (χ2v) is 8.69. The lowest BCUT2D eigenvalue weighted by molar-refractivity contribution is 0.460. The highest BCUT2D eigenvalue weighted by atomic mass is 16.3. The molecule has 0 aliphatic rings. The van der Waals surface area contributed by atoms with Gasteiger partial charge in [-0.1, -0.05) is 48.5 Å². The molecular formula is C29H28O4. The van der Waals surface area contributed by atoms with Gasteiger partial charge in [-0.3, -0.25) is 0 Å². The molecule has 0 saturated carbocycles. The quantitative estimate of drug-likeness (QED) is 0.286. The third kappa shape index (κ3) is 4.00. The Morgan fingerprint density at radius 3 is 1.88 bits per heavy atom. The van der Waals surface area contributed by atoms with Crippen LogP contribution in [0.3, 0.4) is 0 Å². The topological polar surface area (TPSA) is 80.9 Å². The maximum Gasteiger partial charge on any atom is 0.131 e. The molecule has 168 valence electrons. The van der Waals surface area contributed by atoms with Crippen molar-refractivity contribution in [3.8, 4) is 45.3 Å². The monoisotopic (exact) mass is 440 g/mol. The average Bonchev–Trinajstić information content (AvgIpc) is 2.75. The van der Waals surface area contributed by atoms with Gasteiger partial charge in [0.05, 0.1) is 0 Å². The Hall–Kier alpha value is -3.92. The molecule has 0 aliphatic heterocycles. The number of hydrogen-bond donors (Lipinski definition) is 4. The third-order valence-corrected chi connectivity index (χ3v) is 6.30. The Labute approximate surface area is 194 Å². The van der Waals surface area contributed by atoms with Crippen LogP contribution in [0.4, 0.5) is 0 Å². The van der Waals surface area contributed by atoms with Crippen LogP contribution in [0.2, 0.25) is 0 Å². The molecule has 0 amide bonds. The van der Waals surface area contributed by atoms with E-state index in [4.69, 9.17) is 0 Å². The van der Waals surface area contributed by atoms with E-state index in [1.807, 2.05) is 58.0 Å². The molecule has 0 radical (unpaired) electrons. The normalized spacial score (nSPS) is 11.0. The van der Waals surface area contributed by atoms with Gasteiger partial charge in [0.15, 0.2) is 0 Å². The summed E-state index contributed by atoms with van der Waals surface area (Å²) in [6, 6.07) is 18.1. The van der Waals surface area contributed by atoms with Crippen molar-refractivity contribution in [3.05, 3.63) is 94.0 Å². The summed E-state index contributed by atoms with van der Waals surface area (Å²) in [5.74, 6) is 0.349. The van der Waals surface area contributed by atoms with Crippen molar-refractivity contribution in [2.24, 2.45) is 0 Å². The van der Waals surface area contributed by atoms with E-state index >= 15 is 0 Å². The molecule has 0 unspecified atom stereocenters. The van der Waals surface area contributed by atoms with Gasteiger partial charge in [-0.15, -0.1) is 0 Å². The number of aryl methyl sites for hydroxylation is 4. The van der Waals surface area contributed by atoms with Gasteiger partial charge >= 0.3 is 0 Å². The summed E-state index contributed by atoms with van der Waals surface area (Å²) >= 11 is 0. The van der Waals surface area contributed by atoms with E-state index in [0.717, 1.165) is 27.8 Å². The van der Waals surface area contributed by atoms with Crippen LogP contribution in [0.1, 0.15) is 33.4 Å². The van der Waals surface area contributed by atoms with Crippen LogP contribution in [0, 0.1) is 27.7 Å². The van der Waals surface area contributed by atoms with Gasteiger partial charge in [-0.2, -0.15) is 0 Å². The Morgan fingerprint density at radius 2 is 1.21 bits per heavy atom. The van der Waals surface area contributed by atoms with Crippen LogP contribution in [0.15, 0.2) is 60.7 Å². The molecule has 4 nitrogen and oxygen atoms in total. The van der Waals surface area contributed by atoms with Crippen molar-refractivity contribution in [2.45, 2.75) is 34.1 Å². The lowest BCUT2D eigenvalue weighted by atomic mass is 9.88. The molecule has 0 bridgehead atoms. The van der Waals surface area contributed by atoms with E-state index in [0.29, 0.717) is 34.2 Å². The summed E-state index contributed by atoms with van der Waals surface area (Å²) in [4.78, 5) is 0. The molecule has 0 aliphatic carbocycles. The standard InChI is InChI=1S/C29H28O4/c1-16-8-11-20(25(31)14-16)15-23-17(2)9-12-22(28(23)32)27-19(4)10-13-21(29(27)33)26-18(3)6-5-7-24(26)30/h5-14,30-33H,15H2,1-4H3. The van der Waals surface area contributed by atoms with Crippen LogP contribution in [-0.2, 0) is 6.42 Å². The first-order chi connectivity index (χ1) is 15.7. The highest BCUT2D eigenvalue weighted by Gasteiger charge is 2.21. The SMILES string of the molecule is Cc1ccc(Cc2c(C)ccc(-c3c(C)ccc(-c4c(C)cccc4O)c3O)c2O)c(O)c1. The Kier molecular flexibility index (Phi) is 5.77. The number of phenols is 4. The van der Waals surface area contributed by atoms with Crippen LogP contribution in [0.5, 0.6) is 23.0 Å². The molecule has 4 aromatic carbocycles. The molecule has 4 heteroatoms. The smallest absolute Gasteiger partial charge is 0.131 e. The summed E-state index contributed by atoms with van der Waals surface area (Å²) in [6.45, 7) is 7.58. The number of benzene rings is 4. The molecule has 0 atom stereocenters. The first kappa shape index (κ1) is 22.3. The second-order valence-electron chi connectivity index (χ2n) is 8.69. The molecule has 0 aromatic heterocycles. The molecule has 4 N–H and O–H groups in total. The van der Waals surface area contributed by atoms with Gasteiger partial charge in [0.2, 0.25) is 0 Å². The minimum absolute atomic E-state index is 0.00267. The van der Waals surface area contributed by atoms with Crippen molar-refractivity contribution in [3.63, 3.8) is 0 Å². The second kappa shape index (κ2) is 8.55. The number of hydrogen-bond acceptors (Lipinski definition) is 4. The predicted octanol–water partition coefficient (Wildman–Crippen LogP) is 6.67. The maximum atomic E-state index is 11.3. The number of rotatable bonds is 4. The Balaban J connectivity index is 1.89. The van der Waals surface area contributed by atoms with Crippen molar-refractivity contribution in [2.75, 3.05) is 0 Å². The molecule has 4 aromatic rings. The van der Waals surface area contributed by atoms with E-state index in [9.17, 15) is 20.4 Å². The fraction of sp³-hybridized carbons (Fsp3) is 0.172. The summed E-state index contributed by atoms with van der Waals surface area (Å²) in [6.07, 6.45) is 0.357. The minimum Gasteiger partial charge on any atom is -0.508 e. The molecule has 0 heterocycles. The first-order valence-corrected chi connectivity index (χ1v) is 10.9. The molecule has 0 saturated heterocycles. The first-order valence-electron chi connectivity index (χ1n) is 10.9. The average molecular weight is 441 g/mol.